The lowest BCUT2D eigenvalue weighted by molar-refractivity contribution is 0.0857. The van der Waals surface area contributed by atoms with Crippen LogP contribution in [-0.4, -0.2) is 39.6 Å². The van der Waals surface area contributed by atoms with Crippen LogP contribution in [0, 0.1) is 0 Å². The highest BCUT2D eigenvalue weighted by molar-refractivity contribution is 7.89. The minimum atomic E-state index is -3.68. The maximum atomic E-state index is 12.3. The van der Waals surface area contributed by atoms with Crippen LogP contribution in [0.3, 0.4) is 0 Å². The van der Waals surface area contributed by atoms with Gasteiger partial charge in [-0.3, -0.25) is 4.79 Å². The van der Waals surface area contributed by atoms with Gasteiger partial charge in [-0.05, 0) is 44.9 Å². The van der Waals surface area contributed by atoms with Gasteiger partial charge in [0.05, 0.1) is 21.6 Å². The van der Waals surface area contributed by atoms with E-state index < -0.39 is 15.9 Å². The standard InChI is InChI=1S/C15H21ClN2O4S/c1-10(2)18-23(20,21)12-5-6-14(16)13(8-12)15(19)17-9-11-4-3-7-22-11/h5-6,8,10-11,18H,3-4,7,9H2,1-2H3,(H,17,19)/t11-/m0/s1. The molecule has 128 valence electrons. The summed E-state index contributed by atoms with van der Waals surface area (Å²) in [7, 11) is -3.68. The van der Waals surface area contributed by atoms with Gasteiger partial charge >= 0.3 is 0 Å². The van der Waals surface area contributed by atoms with Crippen LogP contribution < -0.4 is 10.0 Å². The van der Waals surface area contributed by atoms with Gasteiger partial charge < -0.3 is 10.1 Å². The molecule has 2 rings (SSSR count). The summed E-state index contributed by atoms with van der Waals surface area (Å²) in [6, 6.07) is 3.84. The van der Waals surface area contributed by atoms with Crippen molar-refractivity contribution in [2.24, 2.45) is 0 Å². The van der Waals surface area contributed by atoms with E-state index in [9.17, 15) is 13.2 Å². The van der Waals surface area contributed by atoms with Crippen molar-refractivity contribution in [3.8, 4) is 0 Å². The molecule has 0 spiro atoms. The quantitative estimate of drug-likeness (QED) is 0.811. The molecule has 0 aromatic heterocycles. The number of sulfonamides is 1. The molecule has 1 aromatic rings. The second-order valence-electron chi connectivity index (χ2n) is 5.76. The first-order valence-electron chi connectivity index (χ1n) is 7.51. The minimum Gasteiger partial charge on any atom is -0.376 e. The third-order valence-electron chi connectivity index (χ3n) is 3.40. The highest BCUT2D eigenvalue weighted by atomic mass is 35.5. The molecule has 1 amide bonds. The molecule has 1 aromatic carbocycles. The number of benzene rings is 1. The lowest BCUT2D eigenvalue weighted by atomic mass is 10.2. The van der Waals surface area contributed by atoms with E-state index in [1.807, 2.05) is 0 Å². The number of amides is 1. The van der Waals surface area contributed by atoms with Gasteiger partial charge in [-0.2, -0.15) is 0 Å². The van der Waals surface area contributed by atoms with Crippen molar-refractivity contribution in [3.05, 3.63) is 28.8 Å². The van der Waals surface area contributed by atoms with E-state index in [2.05, 4.69) is 10.0 Å². The van der Waals surface area contributed by atoms with E-state index in [0.717, 1.165) is 12.8 Å². The number of carbonyl (C=O) groups excluding carboxylic acids is 1. The Morgan fingerprint density at radius 1 is 1.43 bits per heavy atom. The van der Waals surface area contributed by atoms with Crippen molar-refractivity contribution in [1.29, 1.82) is 0 Å². The van der Waals surface area contributed by atoms with Crippen molar-refractivity contribution in [3.63, 3.8) is 0 Å². The number of halogens is 1. The Kier molecular flexibility index (Phi) is 6.02. The molecule has 1 heterocycles. The molecule has 0 bridgehead atoms. The molecule has 0 radical (unpaired) electrons. The molecule has 1 aliphatic rings. The van der Waals surface area contributed by atoms with E-state index >= 15 is 0 Å². The number of rotatable bonds is 6. The maximum absolute atomic E-state index is 12.3. The fourth-order valence-electron chi connectivity index (χ4n) is 2.33. The van der Waals surface area contributed by atoms with E-state index in [4.69, 9.17) is 16.3 Å². The van der Waals surface area contributed by atoms with E-state index in [1.165, 1.54) is 18.2 Å². The van der Waals surface area contributed by atoms with Gasteiger partial charge in [0.2, 0.25) is 10.0 Å². The Hall–Kier alpha value is -1.15. The summed E-state index contributed by atoms with van der Waals surface area (Å²) in [6.07, 6.45) is 1.89. The van der Waals surface area contributed by atoms with Gasteiger partial charge in [0, 0.05) is 19.2 Å². The molecule has 8 heteroatoms. The van der Waals surface area contributed by atoms with Gasteiger partial charge in [-0.1, -0.05) is 11.6 Å². The smallest absolute Gasteiger partial charge is 0.252 e. The van der Waals surface area contributed by atoms with Crippen molar-refractivity contribution < 1.29 is 17.9 Å². The zero-order valence-electron chi connectivity index (χ0n) is 13.1. The number of carbonyl (C=O) groups is 1. The summed E-state index contributed by atoms with van der Waals surface area (Å²) in [5, 5.41) is 2.94. The number of hydrogen-bond acceptors (Lipinski definition) is 4. The fourth-order valence-corrected chi connectivity index (χ4v) is 3.81. The molecule has 0 saturated carbocycles. The lowest BCUT2D eigenvalue weighted by Crippen LogP contribution is -2.33. The van der Waals surface area contributed by atoms with Gasteiger partial charge in [0.15, 0.2) is 0 Å². The Labute approximate surface area is 141 Å². The predicted octanol–water partition coefficient (Wildman–Crippen LogP) is 1.94. The molecular weight excluding hydrogens is 340 g/mol. The molecule has 0 aliphatic carbocycles. The van der Waals surface area contributed by atoms with Gasteiger partial charge in [0.25, 0.3) is 5.91 Å². The summed E-state index contributed by atoms with van der Waals surface area (Å²) in [4.78, 5) is 12.3. The highest BCUT2D eigenvalue weighted by Crippen LogP contribution is 2.21. The summed E-state index contributed by atoms with van der Waals surface area (Å²) in [5.41, 5.74) is 0.135. The topological polar surface area (TPSA) is 84.5 Å². The van der Waals surface area contributed by atoms with Crippen LogP contribution in [0.25, 0.3) is 0 Å². The predicted molar refractivity (Wildman–Crippen MR) is 88.2 cm³/mol. The van der Waals surface area contributed by atoms with Crippen LogP contribution in [0.15, 0.2) is 23.1 Å². The summed E-state index contributed by atoms with van der Waals surface area (Å²) in [6.45, 7) is 4.54. The molecule has 1 aliphatic heterocycles. The van der Waals surface area contributed by atoms with Crippen molar-refractivity contribution in [2.75, 3.05) is 13.2 Å². The molecule has 1 saturated heterocycles. The van der Waals surface area contributed by atoms with Crippen LogP contribution in [-0.2, 0) is 14.8 Å². The molecule has 1 atom stereocenters. The Morgan fingerprint density at radius 3 is 2.78 bits per heavy atom. The van der Waals surface area contributed by atoms with Gasteiger partial charge in [-0.15, -0.1) is 0 Å². The molecule has 23 heavy (non-hydrogen) atoms. The summed E-state index contributed by atoms with van der Waals surface area (Å²) >= 11 is 6.03. The second kappa shape index (κ2) is 7.61. The first-order valence-corrected chi connectivity index (χ1v) is 9.37. The normalized spacial score (nSPS) is 18.3. The average Bonchev–Trinajstić information content (AvgIpc) is 2.97. The van der Waals surface area contributed by atoms with Crippen LogP contribution >= 0.6 is 11.6 Å². The third kappa shape index (κ3) is 4.91. The fraction of sp³-hybridized carbons (Fsp3) is 0.533. The van der Waals surface area contributed by atoms with Crippen LogP contribution in [0.4, 0.5) is 0 Å². The molecular formula is C15H21ClN2O4S. The monoisotopic (exact) mass is 360 g/mol. The van der Waals surface area contributed by atoms with Crippen molar-refractivity contribution in [1.82, 2.24) is 10.0 Å². The lowest BCUT2D eigenvalue weighted by Gasteiger charge is -2.13. The zero-order valence-corrected chi connectivity index (χ0v) is 14.7. The molecule has 6 nitrogen and oxygen atoms in total. The Morgan fingerprint density at radius 2 is 2.17 bits per heavy atom. The van der Waals surface area contributed by atoms with E-state index in [-0.39, 0.29) is 27.6 Å². The third-order valence-corrected chi connectivity index (χ3v) is 5.38. The van der Waals surface area contributed by atoms with Crippen molar-refractivity contribution in [2.45, 2.75) is 43.7 Å². The van der Waals surface area contributed by atoms with Gasteiger partial charge in [0.1, 0.15) is 0 Å². The molecule has 0 unspecified atom stereocenters. The van der Waals surface area contributed by atoms with E-state index in [0.29, 0.717) is 13.2 Å². The Bertz CT molecular complexity index is 670. The Balaban J connectivity index is 2.14. The van der Waals surface area contributed by atoms with Crippen LogP contribution in [0.1, 0.15) is 37.0 Å². The average molecular weight is 361 g/mol. The van der Waals surface area contributed by atoms with Crippen LogP contribution in [0.2, 0.25) is 5.02 Å². The second-order valence-corrected chi connectivity index (χ2v) is 7.88. The maximum Gasteiger partial charge on any atom is 0.252 e. The zero-order chi connectivity index (χ0) is 17.0. The van der Waals surface area contributed by atoms with Crippen molar-refractivity contribution >= 4 is 27.5 Å². The highest BCUT2D eigenvalue weighted by Gasteiger charge is 2.21. The SMILES string of the molecule is CC(C)NS(=O)(=O)c1ccc(Cl)c(C(=O)NC[C@@H]2CCCO2)c1. The molecule has 2 N–H and O–H groups in total. The minimum absolute atomic E-state index is 0.00671. The van der Waals surface area contributed by atoms with Gasteiger partial charge in [-0.25, -0.2) is 13.1 Å². The number of ether oxygens (including phenoxy) is 1. The largest absolute Gasteiger partial charge is 0.376 e. The molecule has 1 fully saturated rings. The van der Waals surface area contributed by atoms with Crippen LogP contribution in [0.5, 0.6) is 0 Å². The number of hydrogen-bond donors (Lipinski definition) is 2. The number of nitrogens with one attached hydrogen (secondary N) is 2. The van der Waals surface area contributed by atoms with E-state index in [1.54, 1.807) is 13.8 Å². The summed E-state index contributed by atoms with van der Waals surface area (Å²) < 4.78 is 32.3. The first-order chi connectivity index (χ1) is 10.8. The first kappa shape index (κ1) is 18.2. The summed E-state index contributed by atoms with van der Waals surface area (Å²) in [5.74, 6) is -0.410.